The Labute approximate surface area is 121 Å². The Morgan fingerprint density at radius 3 is 2.48 bits per heavy atom. The van der Waals surface area contributed by atoms with Gasteiger partial charge in [0.2, 0.25) is 0 Å². The molecule has 0 bridgehead atoms. The van der Waals surface area contributed by atoms with E-state index in [9.17, 15) is 18.0 Å². The largest absolute Gasteiger partial charge is 0.418 e. The number of imidazole rings is 1. The molecule has 1 aromatic heterocycles. The minimum Gasteiger partial charge on any atom is -0.305 e. The highest BCUT2D eigenvalue weighted by molar-refractivity contribution is 6.35. The summed E-state index contributed by atoms with van der Waals surface area (Å²) in [5.74, 6) is 0. The number of aromatic nitrogens is 2. The molecule has 0 aliphatic rings. The van der Waals surface area contributed by atoms with Gasteiger partial charge in [-0.25, -0.2) is 4.79 Å². The molecule has 1 heterocycles. The Morgan fingerprint density at radius 2 is 1.76 bits per heavy atom. The van der Waals surface area contributed by atoms with Crippen LogP contribution in [-0.4, -0.2) is 9.55 Å². The predicted octanol–water partition coefficient (Wildman–Crippen LogP) is 3.99. The van der Waals surface area contributed by atoms with E-state index in [1.54, 1.807) is 12.1 Å². The number of halogens is 4. The Balaban J connectivity index is 2.43. The van der Waals surface area contributed by atoms with Gasteiger partial charge in [-0.3, -0.25) is 4.57 Å². The first kappa shape index (κ1) is 13.8. The maximum atomic E-state index is 13.1. The van der Waals surface area contributed by atoms with E-state index in [0.29, 0.717) is 5.52 Å². The topological polar surface area (TPSA) is 37.8 Å². The predicted molar refractivity (Wildman–Crippen MR) is 73.9 cm³/mol. The zero-order valence-corrected chi connectivity index (χ0v) is 11.2. The second-order valence-corrected chi connectivity index (χ2v) is 4.82. The minimum absolute atomic E-state index is 0.197. The van der Waals surface area contributed by atoms with Crippen molar-refractivity contribution in [2.45, 2.75) is 6.18 Å². The molecular formula is C14H8ClF3N2O. The maximum Gasteiger partial charge on any atom is 0.418 e. The third-order valence-corrected chi connectivity index (χ3v) is 3.41. The summed E-state index contributed by atoms with van der Waals surface area (Å²) in [7, 11) is 0. The fourth-order valence-electron chi connectivity index (χ4n) is 2.25. The summed E-state index contributed by atoms with van der Waals surface area (Å²) < 4.78 is 40.3. The highest BCUT2D eigenvalue weighted by Gasteiger charge is 2.34. The van der Waals surface area contributed by atoms with Crippen molar-refractivity contribution in [3.63, 3.8) is 0 Å². The molecular weight excluding hydrogens is 305 g/mol. The van der Waals surface area contributed by atoms with Gasteiger partial charge < -0.3 is 4.98 Å². The average Bonchev–Trinajstić information content (AvgIpc) is 2.75. The van der Waals surface area contributed by atoms with Crippen LogP contribution in [0.1, 0.15) is 5.56 Å². The van der Waals surface area contributed by atoms with Gasteiger partial charge in [-0.2, -0.15) is 13.2 Å². The fourth-order valence-corrected chi connectivity index (χ4v) is 2.51. The van der Waals surface area contributed by atoms with Gasteiger partial charge >= 0.3 is 11.9 Å². The van der Waals surface area contributed by atoms with E-state index in [-0.39, 0.29) is 16.2 Å². The molecule has 1 N–H and O–H groups in total. The molecule has 21 heavy (non-hydrogen) atoms. The van der Waals surface area contributed by atoms with E-state index >= 15 is 0 Å². The molecule has 0 aliphatic heterocycles. The van der Waals surface area contributed by atoms with Crippen LogP contribution in [0.25, 0.3) is 16.7 Å². The number of H-pyrrole nitrogens is 1. The minimum atomic E-state index is -4.57. The molecule has 0 saturated heterocycles. The first-order valence-electron chi connectivity index (χ1n) is 5.95. The summed E-state index contributed by atoms with van der Waals surface area (Å²) in [4.78, 5) is 14.6. The molecule has 0 fully saturated rings. The lowest BCUT2D eigenvalue weighted by Gasteiger charge is -2.13. The Morgan fingerprint density at radius 1 is 1.05 bits per heavy atom. The van der Waals surface area contributed by atoms with Crippen LogP contribution < -0.4 is 5.69 Å². The monoisotopic (exact) mass is 312 g/mol. The molecule has 0 amide bonds. The van der Waals surface area contributed by atoms with Crippen molar-refractivity contribution >= 4 is 22.6 Å². The zero-order chi connectivity index (χ0) is 15.2. The average molecular weight is 313 g/mol. The third kappa shape index (κ3) is 2.21. The number of alkyl halides is 3. The van der Waals surface area contributed by atoms with Gasteiger partial charge in [0.05, 0.1) is 27.3 Å². The number of nitrogens with one attached hydrogen (secondary N) is 1. The van der Waals surface area contributed by atoms with Crippen LogP contribution in [0.3, 0.4) is 0 Å². The van der Waals surface area contributed by atoms with Crippen LogP contribution in [0.4, 0.5) is 13.2 Å². The van der Waals surface area contributed by atoms with Gasteiger partial charge in [-0.15, -0.1) is 0 Å². The lowest BCUT2D eigenvalue weighted by molar-refractivity contribution is -0.137. The molecule has 7 heteroatoms. The molecule has 0 aliphatic carbocycles. The number of aromatic amines is 1. The highest BCUT2D eigenvalue weighted by Crippen LogP contribution is 2.35. The molecule has 0 saturated carbocycles. The molecule has 3 nitrogen and oxygen atoms in total. The SMILES string of the molecule is O=c1[nH]c2cccc(Cl)c2n1-c1ccccc1C(F)(F)F. The van der Waals surface area contributed by atoms with Crippen molar-refractivity contribution in [3.8, 4) is 5.69 Å². The number of rotatable bonds is 1. The van der Waals surface area contributed by atoms with Crippen LogP contribution >= 0.6 is 11.6 Å². The summed E-state index contributed by atoms with van der Waals surface area (Å²) in [6.07, 6.45) is -4.57. The lowest BCUT2D eigenvalue weighted by Crippen LogP contribution is -2.19. The van der Waals surface area contributed by atoms with Crippen LogP contribution in [0.2, 0.25) is 5.02 Å². The van der Waals surface area contributed by atoms with E-state index in [1.807, 2.05) is 0 Å². The lowest BCUT2D eigenvalue weighted by atomic mass is 10.1. The summed E-state index contributed by atoms with van der Waals surface area (Å²) in [6, 6.07) is 9.58. The standard InChI is InChI=1S/C14H8ClF3N2O/c15-9-5-3-6-10-12(9)20(13(21)19-10)11-7-2-1-4-8(11)14(16,17)18/h1-7H,(H,19,21). The highest BCUT2D eigenvalue weighted by atomic mass is 35.5. The second kappa shape index (κ2) is 4.66. The van der Waals surface area contributed by atoms with Gasteiger partial charge in [-0.05, 0) is 24.3 Å². The van der Waals surface area contributed by atoms with Crippen molar-refractivity contribution in [1.29, 1.82) is 0 Å². The molecule has 0 atom stereocenters. The molecule has 2 aromatic carbocycles. The van der Waals surface area contributed by atoms with Gasteiger partial charge in [0.25, 0.3) is 0 Å². The molecule has 0 spiro atoms. The van der Waals surface area contributed by atoms with E-state index in [0.717, 1.165) is 10.6 Å². The van der Waals surface area contributed by atoms with Crippen molar-refractivity contribution in [2.24, 2.45) is 0 Å². The van der Waals surface area contributed by atoms with Gasteiger partial charge in [0, 0.05) is 0 Å². The number of hydrogen-bond donors (Lipinski definition) is 1. The Bertz CT molecular complexity index is 880. The number of fused-ring (bicyclic) bond motifs is 1. The molecule has 0 radical (unpaired) electrons. The Hall–Kier alpha value is -2.21. The summed E-state index contributed by atoms with van der Waals surface area (Å²) in [5.41, 5.74) is -1.22. The summed E-state index contributed by atoms with van der Waals surface area (Å²) in [5, 5.41) is 0.197. The van der Waals surface area contributed by atoms with E-state index < -0.39 is 17.4 Å². The van der Waals surface area contributed by atoms with Gasteiger partial charge in [0.15, 0.2) is 0 Å². The smallest absolute Gasteiger partial charge is 0.305 e. The van der Waals surface area contributed by atoms with Crippen molar-refractivity contribution < 1.29 is 13.2 Å². The second-order valence-electron chi connectivity index (χ2n) is 4.42. The van der Waals surface area contributed by atoms with Crippen molar-refractivity contribution in [1.82, 2.24) is 9.55 Å². The quantitative estimate of drug-likeness (QED) is 0.725. The molecule has 0 unspecified atom stereocenters. The van der Waals surface area contributed by atoms with Crippen LogP contribution in [0.15, 0.2) is 47.3 Å². The number of nitrogens with zero attached hydrogens (tertiary/aromatic N) is 1. The number of hydrogen-bond acceptors (Lipinski definition) is 1. The number of benzene rings is 2. The fraction of sp³-hybridized carbons (Fsp3) is 0.0714. The third-order valence-electron chi connectivity index (χ3n) is 3.11. The van der Waals surface area contributed by atoms with E-state index in [4.69, 9.17) is 11.6 Å². The van der Waals surface area contributed by atoms with Crippen molar-refractivity contribution in [2.75, 3.05) is 0 Å². The van der Waals surface area contributed by atoms with Crippen LogP contribution in [-0.2, 0) is 6.18 Å². The first-order chi connectivity index (χ1) is 9.89. The molecule has 108 valence electrons. The van der Waals surface area contributed by atoms with E-state index in [1.165, 1.54) is 24.3 Å². The first-order valence-corrected chi connectivity index (χ1v) is 6.33. The summed E-state index contributed by atoms with van der Waals surface area (Å²) in [6.45, 7) is 0. The molecule has 3 aromatic rings. The van der Waals surface area contributed by atoms with Crippen LogP contribution in [0.5, 0.6) is 0 Å². The van der Waals surface area contributed by atoms with E-state index in [2.05, 4.69) is 4.98 Å². The maximum absolute atomic E-state index is 13.1. The van der Waals surface area contributed by atoms with Crippen molar-refractivity contribution in [3.05, 3.63) is 63.5 Å². The molecule has 3 rings (SSSR count). The van der Waals surface area contributed by atoms with Crippen LogP contribution in [0, 0.1) is 0 Å². The zero-order valence-electron chi connectivity index (χ0n) is 10.4. The van der Waals surface area contributed by atoms with Gasteiger partial charge in [-0.1, -0.05) is 29.8 Å². The number of para-hydroxylation sites is 2. The van der Waals surface area contributed by atoms with Gasteiger partial charge in [0.1, 0.15) is 0 Å². The Kier molecular flexibility index (Phi) is 3.06. The summed E-state index contributed by atoms with van der Waals surface area (Å²) >= 11 is 6.03. The normalized spacial score (nSPS) is 12.0.